The number of anilines is 1. The summed E-state index contributed by atoms with van der Waals surface area (Å²) >= 11 is 0. The molecule has 1 aliphatic rings. The van der Waals surface area contributed by atoms with Crippen LogP contribution in [0.5, 0.6) is 5.75 Å². The number of rotatable bonds is 4. The first-order chi connectivity index (χ1) is 13.2. The Morgan fingerprint density at radius 2 is 1.96 bits per heavy atom. The van der Waals surface area contributed by atoms with Crippen molar-refractivity contribution in [3.63, 3.8) is 0 Å². The van der Waals surface area contributed by atoms with Crippen LogP contribution in [0.3, 0.4) is 0 Å². The first-order valence-electron chi connectivity index (χ1n) is 8.76. The minimum Gasteiger partial charge on any atom is -0.497 e. The number of ether oxygens (including phenoxy) is 1. The highest BCUT2D eigenvalue weighted by molar-refractivity contribution is 5.93. The Morgan fingerprint density at radius 3 is 2.70 bits per heavy atom. The van der Waals surface area contributed by atoms with Crippen molar-refractivity contribution in [3.05, 3.63) is 54.4 Å². The van der Waals surface area contributed by atoms with Crippen molar-refractivity contribution in [3.8, 4) is 17.0 Å². The SMILES string of the molecule is COc1cccc(-c2cc(C(=O)N3CCN(c4cccnn4)CC3)[nH]n2)c1. The Balaban J connectivity index is 1.43. The number of hydrogen-bond donors (Lipinski definition) is 1. The lowest BCUT2D eigenvalue weighted by Crippen LogP contribution is -2.49. The predicted octanol–water partition coefficient (Wildman–Crippen LogP) is 1.84. The summed E-state index contributed by atoms with van der Waals surface area (Å²) in [6.45, 7) is 2.70. The molecular weight excluding hydrogens is 344 g/mol. The highest BCUT2D eigenvalue weighted by Gasteiger charge is 2.24. The number of amides is 1. The number of carbonyl (C=O) groups is 1. The van der Waals surface area contributed by atoms with E-state index in [4.69, 9.17) is 4.74 Å². The molecule has 4 rings (SSSR count). The molecule has 2 aromatic heterocycles. The molecule has 0 radical (unpaired) electrons. The highest BCUT2D eigenvalue weighted by atomic mass is 16.5. The van der Waals surface area contributed by atoms with Gasteiger partial charge in [0, 0.05) is 37.9 Å². The number of aromatic nitrogens is 4. The minimum absolute atomic E-state index is 0.0459. The average Bonchev–Trinajstić information content (AvgIpc) is 3.24. The number of benzene rings is 1. The Hall–Kier alpha value is -3.42. The van der Waals surface area contributed by atoms with Gasteiger partial charge < -0.3 is 14.5 Å². The molecule has 0 atom stereocenters. The summed E-state index contributed by atoms with van der Waals surface area (Å²) in [7, 11) is 1.62. The lowest BCUT2D eigenvalue weighted by atomic mass is 10.1. The van der Waals surface area contributed by atoms with E-state index in [0.717, 1.165) is 35.9 Å². The van der Waals surface area contributed by atoms with Crippen LogP contribution in [0, 0.1) is 0 Å². The van der Waals surface area contributed by atoms with E-state index in [-0.39, 0.29) is 5.91 Å². The van der Waals surface area contributed by atoms with E-state index in [1.165, 1.54) is 0 Å². The van der Waals surface area contributed by atoms with Crippen molar-refractivity contribution in [1.29, 1.82) is 0 Å². The Morgan fingerprint density at radius 1 is 1.11 bits per heavy atom. The van der Waals surface area contributed by atoms with Crippen molar-refractivity contribution in [2.45, 2.75) is 0 Å². The first-order valence-corrected chi connectivity index (χ1v) is 8.76. The topological polar surface area (TPSA) is 87.2 Å². The van der Waals surface area contributed by atoms with Gasteiger partial charge in [0.2, 0.25) is 0 Å². The standard InChI is InChI=1S/C19H20N6O2/c1-27-15-5-2-4-14(12-15)16-13-17(22-21-16)19(26)25-10-8-24(9-11-25)18-6-3-7-20-23-18/h2-7,12-13H,8-11H2,1H3,(H,21,22). The molecule has 1 aliphatic heterocycles. The minimum atomic E-state index is -0.0459. The molecule has 0 spiro atoms. The number of nitrogens with one attached hydrogen (secondary N) is 1. The summed E-state index contributed by atoms with van der Waals surface area (Å²) in [4.78, 5) is 16.8. The van der Waals surface area contributed by atoms with Crippen LogP contribution >= 0.6 is 0 Å². The van der Waals surface area contributed by atoms with Gasteiger partial charge in [-0.05, 0) is 30.3 Å². The van der Waals surface area contributed by atoms with Crippen LogP contribution < -0.4 is 9.64 Å². The maximum Gasteiger partial charge on any atom is 0.272 e. The van der Waals surface area contributed by atoms with E-state index in [9.17, 15) is 4.79 Å². The van der Waals surface area contributed by atoms with Gasteiger partial charge in [0.1, 0.15) is 11.4 Å². The van der Waals surface area contributed by atoms with Crippen molar-refractivity contribution < 1.29 is 9.53 Å². The number of carbonyl (C=O) groups excluding carboxylic acids is 1. The van der Waals surface area contributed by atoms with Gasteiger partial charge in [-0.3, -0.25) is 9.89 Å². The zero-order valence-corrected chi connectivity index (χ0v) is 15.0. The van der Waals surface area contributed by atoms with Crippen molar-refractivity contribution >= 4 is 11.7 Å². The second-order valence-electron chi connectivity index (χ2n) is 6.26. The zero-order valence-electron chi connectivity index (χ0n) is 15.0. The molecule has 3 heterocycles. The Kier molecular flexibility index (Phi) is 4.69. The highest BCUT2D eigenvalue weighted by Crippen LogP contribution is 2.23. The van der Waals surface area contributed by atoms with Crippen molar-refractivity contribution in [2.75, 3.05) is 38.2 Å². The van der Waals surface area contributed by atoms with E-state index in [2.05, 4.69) is 25.3 Å². The zero-order chi connectivity index (χ0) is 18.6. The monoisotopic (exact) mass is 364 g/mol. The van der Waals surface area contributed by atoms with Crippen molar-refractivity contribution in [2.24, 2.45) is 0 Å². The lowest BCUT2D eigenvalue weighted by molar-refractivity contribution is 0.0740. The second kappa shape index (κ2) is 7.45. The smallest absolute Gasteiger partial charge is 0.272 e. The first kappa shape index (κ1) is 17.0. The summed E-state index contributed by atoms with van der Waals surface area (Å²) in [5, 5.41) is 15.2. The molecule has 1 fully saturated rings. The van der Waals surface area contributed by atoms with Crippen LogP contribution in [-0.2, 0) is 0 Å². The van der Waals surface area contributed by atoms with Gasteiger partial charge in [0.05, 0.1) is 12.8 Å². The van der Waals surface area contributed by atoms with E-state index in [1.54, 1.807) is 19.4 Å². The van der Waals surface area contributed by atoms with Crippen LogP contribution in [0.1, 0.15) is 10.5 Å². The molecule has 0 saturated carbocycles. The summed E-state index contributed by atoms with van der Waals surface area (Å²) in [5.41, 5.74) is 2.10. The molecule has 0 unspecified atom stereocenters. The molecule has 8 heteroatoms. The molecule has 1 aromatic carbocycles. The third kappa shape index (κ3) is 3.59. The molecular formula is C19H20N6O2. The fourth-order valence-corrected chi connectivity index (χ4v) is 3.13. The Bertz CT molecular complexity index is 919. The van der Waals surface area contributed by atoms with E-state index in [1.807, 2.05) is 41.3 Å². The summed E-state index contributed by atoms with van der Waals surface area (Å²) in [6, 6.07) is 13.2. The number of nitrogens with zero attached hydrogens (tertiary/aromatic N) is 5. The fraction of sp³-hybridized carbons (Fsp3) is 0.263. The van der Waals surface area contributed by atoms with E-state index in [0.29, 0.717) is 18.8 Å². The van der Waals surface area contributed by atoms with Gasteiger partial charge in [0.15, 0.2) is 5.82 Å². The molecule has 1 saturated heterocycles. The van der Waals surface area contributed by atoms with Crippen LogP contribution in [0.15, 0.2) is 48.7 Å². The normalized spacial score (nSPS) is 14.3. The van der Waals surface area contributed by atoms with Gasteiger partial charge in [-0.15, -0.1) is 5.10 Å². The summed E-state index contributed by atoms with van der Waals surface area (Å²) < 4.78 is 5.24. The summed E-state index contributed by atoms with van der Waals surface area (Å²) in [6.07, 6.45) is 1.65. The molecule has 1 amide bonds. The molecule has 138 valence electrons. The van der Waals surface area contributed by atoms with Crippen LogP contribution in [0.4, 0.5) is 5.82 Å². The van der Waals surface area contributed by atoms with Gasteiger partial charge in [0.25, 0.3) is 5.91 Å². The molecule has 0 aliphatic carbocycles. The number of aromatic amines is 1. The number of hydrogen-bond acceptors (Lipinski definition) is 6. The summed E-state index contributed by atoms with van der Waals surface area (Å²) in [5.74, 6) is 1.55. The molecule has 3 aromatic rings. The number of piperazine rings is 1. The third-order valence-corrected chi connectivity index (χ3v) is 4.62. The maximum absolute atomic E-state index is 12.8. The predicted molar refractivity (Wildman–Crippen MR) is 101 cm³/mol. The second-order valence-corrected chi connectivity index (χ2v) is 6.26. The molecule has 1 N–H and O–H groups in total. The number of H-pyrrole nitrogens is 1. The molecule has 27 heavy (non-hydrogen) atoms. The van der Waals surface area contributed by atoms with Gasteiger partial charge in [-0.2, -0.15) is 10.2 Å². The van der Waals surface area contributed by atoms with Gasteiger partial charge >= 0.3 is 0 Å². The van der Waals surface area contributed by atoms with Crippen LogP contribution in [0.25, 0.3) is 11.3 Å². The third-order valence-electron chi connectivity index (χ3n) is 4.62. The van der Waals surface area contributed by atoms with E-state index < -0.39 is 0 Å². The van der Waals surface area contributed by atoms with Gasteiger partial charge in [-0.1, -0.05) is 12.1 Å². The largest absolute Gasteiger partial charge is 0.497 e. The van der Waals surface area contributed by atoms with Crippen LogP contribution in [-0.4, -0.2) is 64.5 Å². The number of methoxy groups -OCH3 is 1. The lowest BCUT2D eigenvalue weighted by Gasteiger charge is -2.34. The van der Waals surface area contributed by atoms with E-state index >= 15 is 0 Å². The fourth-order valence-electron chi connectivity index (χ4n) is 3.13. The molecule has 0 bridgehead atoms. The van der Waals surface area contributed by atoms with Crippen LogP contribution in [0.2, 0.25) is 0 Å². The molecule has 8 nitrogen and oxygen atoms in total. The average molecular weight is 364 g/mol. The maximum atomic E-state index is 12.8. The van der Waals surface area contributed by atoms with Crippen molar-refractivity contribution in [1.82, 2.24) is 25.3 Å². The Labute approximate surface area is 156 Å². The quantitative estimate of drug-likeness (QED) is 0.760. The van der Waals surface area contributed by atoms with Gasteiger partial charge in [-0.25, -0.2) is 0 Å².